The fourth-order valence-electron chi connectivity index (χ4n) is 2.71. The zero-order valence-corrected chi connectivity index (χ0v) is 11.0. The molecule has 2 fully saturated rings. The molecule has 5 nitrogen and oxygen atoms in total. The summed E-state index contributed by atoms with van der Waals surface area (Å²) in [5.74, 6) is -0.924. The second-order valence-electron chi connectivity index (χ2n) is 5.44. The second-order valence-corrected chi connectivity index (χ2v) is 5.44. The van der Waals surface area contributed by atoms with Crippen LogP contribution < -0.4 is 0 Å². The van der Waals surface area contributed by atoms with Crippen LogP contribution in [0.5, 0.6) is 0 Å². The van der Waals surface area contributed by atoms with Crippen molar-refractivity contribution in [2.24, 2.45) is 0 Å². The van der Waals surface area contributed by atoms with Gasteiger partial charge < -0.3 is 14.9 Å². The van der Waals surface area contributed by atoms with E-state index in [0.717, 1.165) is 25.7 Å². The maximum Gasteiger partial charge on any atom is 0.323 e. The standard InChI is InChI=1S/C13H22N2O3/c1-14(10-5-3-2-4-6-10)13(18)15(9-12(16)17)11-7-8-11/h10-11H,2-9H2,1H3,(H,16,17). The van der Waals surface area contributed by atoms with Crippen molar-refractivity contribution in [3.05, 3.63) is 0 Å². The summed E-state index contributed by atoms with van der Waals surface area (Å²) >= 11 is 0. The molecule has 0 spiro atoms. The molecule has 2 rings (SSSR count). The molecule has 0 aromatic heterocycles. The lowest BCUT2D eigenvalue weighted by atomic mass is 9.95. The third kappa shape index (κ3) is 3.15. The number of urea groups is 1. The Morgan fingerprint density at radius 3 is 2.17 bits per heavy atom. The van der Waals surface area contributed by atoms with Crippen LogP contribution in [-0.2, 0) is 4.79 Å². The van der Waals surface area contributed by atoms with E-state index in [-0.39, 0.29) is 18.6 Å². The van der Waals surface area contributed by atoms with Crippen LogP contribution in [0.25, 0.3) is 0 Å². The number of nitrogens with zero attached hydrogens (tertiary/aromatic N) is 2. The lowest BCUT2D eigenvalue weighted by Gasteiger charge is -2.35. The molecule has 0 atom stereocenters. The van der Waals surface area contributed by atoms with Gasteiger partial charge in [-0.2, -0.15) is 0 Å². The molecule has 1 N–H and O–H groups in total. The molecule has 102 valence electrons. The molecule has 0 radical (unpaired) electrons. The molecule has 2 saturated carbocycles. The highest BCUT2D eigenvalue weighted by Gasteiger charge is 2.36. The second kappa shape index (κ2) is 5.59. The summed E-state index contributed by atoms with van der Waals surface area (Å²) in [6, 6.07) is 0.340. The number of carbonyl (C=O) groups is 2. The van der Waals surface area contributed by atoms with Gasteiger partial charge >= 0.3 is 12.0 Å². The van der Waals surface area contributed by atoms with Crippen LogP contribution in [0, 0.1) is 0 Å². The molecule has 0 aromatic carbocycles. The number of carboxylic acids is 1. The van der Waals surface area contributed by atoms with Crippen molar-refractivity contribution >= 4 is 12.0 Å². The molecule has 0 aliphatic heterocycles. The number of aliphatic carboxylic acids is 1. The highest BCUT2D eigenvalue weighted by atomic mass is 16.4. The topological polar surface area (TPSA) is 60.9 Å². The Morgan fingerprint density at radius 2 is 1.67 bits per heavy atom. The van der Waals surface area contributed by atoms with Gasteiger partial charge in [-0.15, -0.1) is 0 Å². The Labute approximate surface area is 108 Å². The van der Waals surface area contributed by atoms with Crippen LogP contribution in [0.2, 0.25) is 0 Å². The molecular weight excluding hydrogens is 232 g/mol. The van der Waals surface area contributed by atoms with E-state index in [1.54, 1.807) is 4.90 Å². The normalized spacial score (nSPS) is 20.5. The average Bonchev–Trinajstić information content (AvgIpc) is 3.19. The van der Waals surface area contributed by atoms with E-state index in [2.05, 4.69) is 0 Å². The first kappa shape index (κ1) is 13.2. The van der Waals surface area contributed by atoms with Crippen LogP contribution in [0.3, 0.4) is 0 Å². The van der Waals surface area contributed by atoms with E-state index in [9.17, 15) is 9.59 Å². The lowest BCUT2D eigenvalue weighted by Crippen LogP contribution is -2.49. The molecule has 18 heavy (non-hydrogen) atoms. The van der Waals surface area contributed by atoms with Crippen LogP contribution >= 0.6 is 0 Å². The third-order valence-corrected chi connectivity index (χ3v) is 3.96. The summed E-state index contributed by atoms with van der Waals surface area (Å²) in [6.45, 7) is -0.166. The molecule has 2 aliphatic rings. The summed E-state index contributed by atoms with van der Waals surface area (Å²) in [5.41, 5.74) is 0. The minimum Gasteiger partial charge on any atom is -0.480 e. The largest absolute Gasteiger partial charge is 0.480 e. The summed E-state index contributed by atoms with van der Waals surface area (Å²) < 4.78 is 0. The van der Waals surface area contributed by atoms with Crippen molar-refractivity contribution in [3.63, 3.8) is 0 Å². The Kier molecular flexibility index (Phi) is 4.09. The minimum atomic E-state index is -0.924. The van der Waals surface area contributed by atoms with Crippen molar-refractivity contribution in [2.45, 2.75) is 57.0 Å². The van der Waals surface area contributed by atoms with E-state index in [4.69, 9.17) is 5.11 Å². The molecule has 5 heteroatoms. The van der Waals surface area contributed by atoms with Crippen molar-refractivity contribution < 1.29 is 14.7 Å². The van der Waals surface area contributed by atoms with Crippen molar-refractivity contribution in [3.8, 4) is 0 Å². The molecule has 0 heterocycles. The van der Waals surface area contributed by atoms with Gasteiger partial charge in [0.05, 0.1) is 0 Å². The highest BCUT2D eigenvalue weighted by Crippen LogP contribution is 2.29. The summed E-state index contributed by atoms with van der Waals surface area (Å²) in [4.78, 5) is 26.5. The molecular formula is C13H22N2O3. The predicted molar refractivity (Wildman–Crippen MR) is 67.4 cm³/mol. The maximum atomic E-state index is 12.3. The van der Waals surface area contributed by atoms with E-state index < -0.39 is 5.97 Å². The number of hydrogen-bond donors (Lipinski definition) is 1. The first-order valence-corrected chi connectivity index (χ1v) is 6.85. The number of rotatable bonds is 4. The van der Waals surface area contributed by atoms with Crippen LogP contribution in [0.4, 0.5) is 4.79 Å². The van der Waals surface area contributed by atoms with Gasteiger partial charge in [0.15, 0.2) is 0 Å². The van der Waals surface area contributed by atoms with E-state index >= 15 is 0 Å². The van der Waals surface area contributed by atoms with E-state index in [1.165, 1.54) is 24.2 Å². The van der Waals surface area contributed by atoms with Gasteiger partial charge in [-0.25, -0.2) is 4.79 Å². The summed E-state index contributed by atoms with van der Waals surface area (Å²) in [5, 5.41) is 8.89. The Morgan fingerprint density at radius 1 is 1.06 bits per heavy atom. The monoisotopic (exact) mass is 254 g/mol. The van der Waals surface area contributed by atoms with Gasteiger partial charge in [0.1, 0.15) is 6.54 Å². The van der Waals surface area contributed by atoms with Gasteiger partial charge in [0, 0.05) is 19.1 Å². The van der Waals surface area contributed by atoms with Gasteiger partial charge in [-0.3, -0.25) is 4.79 Å². The molecule has 0 unspecified atom stereocenters. The molecule has 2 aliphatic carbocycles. The molecule has 0 aromatic rings. The average molecular weight is 254 g/mol. The predicted octanol–water partition coefficient (Wildman–Crippen LogP) is 1.92. The van der Waals surface area contributed by atoms with E-state index in [0.29, 0.717) is 6.04 Å². The smallest absolute Gasteiger partial charge is 0.323 e. The molecule has 2 amide bonds. The maximum absolute atomic E-state index is 12.3. The number of hydrogen-bond acceptors (Lipinski definition) is 2. The lowest BCUT2D eigenvalue weighted by molar-refractivity contribution is -0.137. The van der Waals surface area contributed by atoms with E-state index in [1.807, 2.05) is 7.05 Å². The third-order valence-electron chi connectivity index (χ3n) is 3.96. The summed E-state index contributed by atoms with van der Waals surface area (Å²) in [7, 11) is 1.82. The number of carbonyl (C=O) groups excluding carboxylic acids is 1. The summed E-state index contributed by atoms with van der Waals surface area (Å²) in [6.07, 6.45) is 7.58. The van der Waals surface area contributed by atoms with Crippen molar-refractivity contribution in [1.82, 2.24) is 9.80 Å². The van der Waals surface area contributed by atoms with Gasteiger partial charge in [0.25, 0.3) is 0 Å². The van der Waals surface area contributed by atoms with Gasteiger partial charge in [-0.1, -0.05) is 19.3 Å². The number of carboxylic acid groups (broad SMARTS) is 1. The Hall–Kier alpha value is -1.26. The fraction of sp³-hybridized carbons (Fsp3) is 0.846. The van der Waals surface area contributed by atoms with Crippen molar-refractivity contribution in [1.29, 1.82) is 0 Å². The zero-order chi connectivity index (χ0) is 13.1. The first-order valence-electron chi connectivity index (χ1n) is 6.85. The van der Waals surface area contributed by atoms with Crippen LogP contribution in [0.15, 0.2) is 0 Å². The van der Waals surface area contributed by atoms with Crippen LogP contribution in [-0.4, -0.2) is 52.6 Å². The zero-order valence-electron chi connectivity index (χ0n) is 11.0. The fourth-order valence-corrected chi connectivity index (χ4v) is 2.71. The molecule has 0 saturated heterocycles. The number of amides is 2. The Balaban J connectivity index is 1.95. The SMILES string of the molecule is CN(C(=O)N(CC(=O)O)C1CC1)C1CCCCC1. The van der Waals surface area contributed by atoms with Crippen molar-refractivity contribution in [2.75, 3.05) is 13.6 Å². The quantitative estimate of drug-likeness (QED) is 0.833. The Bertz CT molecular complexity index is 322. The highest BCUT2D eigenvalue weighted by molar-refractivity contribution is 5.80. The first-order chi connectivity index (χ1) is 8.59. The van der Waals surface area contributed by atoms with Gasteiger partial charge in [0.2, 0.25) is 0 Å². The minimum absolute atomic E-state index is 0.105. The van der Waals surface area contributed by atoms with Gasteiger partial charge in [-0.05, 0) is 25.7 Å². The molecule has 0 bridgehead atoms. The van der Waals surface area contributed by atoms with Crippen LogP contribution in [0.1, 0.15) is 44.9 Å².